The van der Waals surface area contributed by atoms with Gasteiger partial charge < -0.3 is 4.74 Å². The third-order valence-corrected chi connectivity index (χ3v) is 3.41. The van der Waals surface area contributed by atoms with Gasteiger partial charge >= 0.3 is 0 Å². The van der Waals surface area contributed by atoms with Crippen molar-refractivity contribution < 1.29 is 4.74 Å². The summed E-state index contributed by atoms with van der Waals surface area (Å²) in [6.07, 6.45) is 6.79. The van der Waals surface area contributed by atoms with Crippen molar-refractivity contribution in [2.24, 2.45) is 0 Å². The second-order valence-electron chi connectivity index (χ2n) is 3.84. The molecule has 3 nitrogen and oxygen atoms in total. The minimum absolute atomic E-state index is 0.801. The predicted molar refractivity (Wildman–Crippen MR) is 67.2 cm³/mol. The van der Waals surface area contributed by atoms with Gasteiger partial charge in [0.05, 0.1) is 7.11 Å². The van der Waals surface area contributed by atoms with Gasteiger partial charge in [-0.1, -0.05) is 19.8 Å². The number of nitrogens with zero attached hydrogens (tertiary/aromatic N) is 2. The highest BCUT2D eigenvalue weighted by molar-refractivity contribution is 7.09. The Morgan fingerprint density at radius 2 is 2.25 bits per heavy atom. The van der Waals surface area contributed by atoms with E-state index < -0.39 is 0 Å². The molecule has 0 saturated heterocycles. The number of hydrogen-bond acceptors (Lipinski definition) is 4. The van der Waals surface area contributed by atoms with Crippen LogP contribution in [0.4, 0.5) is 0 Å². The van der Waals surface area contributed by atoms with Gasteiger partial charge in [-0.25, -0.2) is 4.98 Å². The Morgan fingerprint density at radius 1 is 1.38 bits per heavy atom. The van der Waals surface area contributed by atoms with Crippen LogP contribution < -0.4 is 4.74 Å². The Morgan fingerprint density at radius 3 is 3.00 bits per heavy atom. The van der Waals surface area contributed by atoms with Crippen molar-refractivity contribution in [1.82, 2.24) is 9.36 Å². The van der Waals surface area contributed by atoms with Gasteiger partial charge in [0, 0.05) is 17.7 Å². The summed E-state index contributed by atoms with van der Waals surface area (Å²) in [4.78, 5) is 4.41. The minimum Gasteiger partial charge on any atom is -0.485 e. The standard InChI is InChI=1S/C12H16N2OS/c1-3-4-5-6-9-7-10-11(13-8-9)12(15-2)16-14-10/h7-8H,3-6H2,1-2H3. The Bertz CT molecular complexity index is 467. The van der Waals surface area contributed by atoms with Gasteiger partial charge in [0.15, 0.2) is 0 Å². The molecule has 0 saturated carbocycles. The smallest absolute Gasteiger partial charge is 0.220 e. The molecule has 0 radical (unpaired) electrons. The molecular formula is C12H16N2OS. The fraction of sp³-hybridized carbons (Fsp3) is 0.500. The molecule has 0 aliphatic carbocycles. The van der Waals surface area contributed by atoms with E-state index in [0.717, 1.165) is 22.5 Å². The monoisotopic (exact) mass is 236 g/mol. The zero-order chi connectivity index (χ0) is 11.4. The molecule has 0 bridgehead atoms. The maximum atomic E-state index is 5.20. The molecule has 0 unspecified atom stereocenters. The van der Waals surface area contributed by atoms with Crippen LogP contribution in [0.2, 0.25) is 0 Å². The predicted octanol–water partition coefficient (Wildman–Crippen LogP) is 3.43. The minimum atomic E-state index is 0.801. The van der Waals surface area contributed by atoms with Crippen molar-refractivity contribution in [3.8, 4) is 5.06 Å². The van der Waals surface area contributed by atoms with E-state index in [-0.39, 0.29) is 0 Å². The number of hydrogen-bond donors (Lipinski definition) is 0. The van der Waals surface area contributed by atoms with Crippen LogP contribution in [-0.4, -0.2) is 16.5 Å². The van der Waals surface area contributed by atoms with E-state index >= 15 is 0 Å². The molecule has 2 aromatic heterocycles. The van der Waals surface area contributed by atoms with Gasteiger partial charge in [0.2, 0.25) is 5.06 Å². The van der Waals surface area contributed by atoms with E-state index in [0.29, 0.717) is 0 Å². The summed E-state index contributed by atoms with van der Waals surface area (Å²) >= 11 is 1.37. The van der Waals surface area contributed by atoms with Crippen molar-refractivity contribution in [2.75, 3.05) is 7.11 Å². The number of ether oxygens (including phenoxy) is 1. The summed E-state index contributed by atoms with van der Waals surface area (Å²) in [5, 5.41) is 0.801. The molecule has 0 aliphatic rings. The quantitative estimate of drug-likeness (QED) is 0.746. The Balaban J connectivity index is 2.17. The lowest BCUT2D eigenvalue weighted by molar-refractivity contribution is 0.430. The van der Waals surface area contributed by atoms with E-state index in [2.05, 4.69) is 22.3 Å². The number of fused-ring (bicyclic) bond motifs is 1. The number of methoxy groups -OCH3 is 1. The Hall–Kier alpha value is -1.16. The van der Waals surface area contributed by atoms with Crippen LogP contribution in [0.3, 0.4) is 0 Å². The van der Waals surface area contributed by atoms with E-state index in [1.54, 1.807) is 7.11 Å². The summed E-state index contributed by atoms with van der Waals surface area (Å²) in [6.45, 7) is 2.22. The molecular weight excluding hydrogens is 220 g/mol. The number of aromatic nitrogens is 2. The maximum Gasteiger partial charge on any atom is 0.220 e. The van der Waals surface area contributed by atoms with E-state index in [1.165, 1.54) is 36.4 Å². The van der Waals surface area contributed by atoms with Gasteiger partial charge in [0.25, 0.3) is 0 Å². The van der Waals surface area contributed by atoms with Crippen molar-refractivity contribution >= 4 is 22.6 Å². The van der Waals surface area contributed by atoms with Crippen molar-refractivity contribution in [2.45, 2.75) is 32.6 Å². The molecule has 2 rings (SSSR count). The van der Waals surface area contributed by atoms with Crippen molar-refractivity contribution in [3.63, 3.8) is 0 Å². The fourth-order valence-electron chi connectivity index (χ4n) is 1.71. The molecule has 2 aromatic rings. The van der Waals surface area contributed by atoms with E-state index in [9.17, 15) is 0 Å². The van der Waals surface area contributed by atoms with Crippen LogP contribution in [0.1, 0.15) is 31.7 Å². The number of pyridine rings is 1. The lowest BCUT2D eigenvalue weighted by Crippen LogP contribution is -1.88. The highest BCUT2D eigenvalue weighted by Crippen LogP contribution is 2.28. The third-order valence-electron chi connectivity index (χ3n) is 2.60. The summed E-state index contributed by atoms with van der Waals surface area (Å²) < 4.78 is 9.53. The van der Waals surface area contributed by atoms with Crippen LogP contribution in [0, 0.1) is 0 Å². The second-order valence-corrected chi connectivity index (χ2v) is 4.58. The van der Waals surface area contributed by atoms with E-state index in [4.69, 9.17) is 4.74 Å². The summed E-state index contributed by atoms with van der Waals surface area (Å²) in [7, 11) is 1.66. The largest absolute Gasteiger partial charge is 0.485 e. The SMILES string of the molecule is CCCCCc1cnc2c(OC)snc2c1. The van der Waals surface area contributed by atoms with Crippen LogP contribution in [0.15, 0.2) is 12.3 Å². The van der Waals surface area contributed by atoms with Crippen LogP contribution in [0.25, 0.3) is 11.0 Å². The zero-order valence-corrected chi connectivity index (χ0v) is 10.5. The first-order valence-electron chi connectivity index (χ1n) is 5.63. The average Bonchev–Trinajstić information content (AvgIpc) is 2.71. The van der Waals surface area contributed by atoms with Crippen LogP contribution in [0.5, 0.6) is 5.06 Å². The molecule has 86 valence electrons. The van der Waals surface area contributed by atoms with Gasteiger partial charge in [-0.15, -0.1) is 0 Å². The number of aryl methyl sites for hydroxylation is 1. The molecule has 0 spiro atoms. The molecule has 16 heavy (non-hydrogen) atoms. The molecule has 0 aliphatic heterocycles. The molecule has 0 fully saturated rings. The lowest BCUT2D eigenvalue weighted by Gasteiger charge is -2.00. The summed E-state index contributed by atoms with van der Waals surface area (Å²) in [6, 6.07) is 2.12. The lowest BCUT2D eigenvalue weighted by atomic mass is 10.1. The summed E-state index contributed by atoms with van der Waals surface area (Å²) in [5.41, 5.74) is 3.11. The van der Waals surface area contributed by atoms with Gasteiger partial charge in [-0.3, -0.25) is 0 Å². The molecule has 0 atom stereocenters. The molecule has 0 aromatic carbocycles. The van der Waals surface area contributed by atoms with Gasteiger partial charge in [-0.05, 0) is 24.5 Å². The van der Waals surface area contributed by atoms with Crippen molar-refractivity contribution in [1.29, 1.82) is 0 Å². The number of rotatable bonds is 5. The zero-order valence-electron chi connectivity index (χ0n) is 9.69. The number of unbranched alkanes of at least 4 members (excludes halogenated alkanes) is 2. The molecule has 0 N–H and O–H groups in total. The second kappa shape index (κ2) is 5.25. The Kier molecular flexibility index (Phi) is 3.72. The highest BCUT2D eigenvalue weighted by atomic mass is 32.1. The Labute approximate surface area is 99.6 Å². The summed E-state index contributed by atoms with van der Waals surface area (Å²) in [5.74, 6) is 0. The topological polar surface area (TPSA) is 35.0 Å². The normalized spacial score (nSPS) is 10.9. The highest BCUT2D eigenvalue weighted by Gasteiger charge is 2.07. The average molecular weight is 236 g/mol. The van der Waals surface area contributed by atoms with E-state index in [1.807, 2.05) is 6.20 Å². The third kappa shape index (κ3) is 2.32. The van der Waals surface area contributed by atoms with Crippen LogP contribution >= 0.6 is 11.5 Å². The first-order valence-corrected chi connectivity index (χ1v) is 6.40. The molecule has 2 heterocycles. The van der Waals surface area contributed by atoms with Gasteiger partial charge in [0.1, 0.15) is 11.0 Å². The molecule has 0 amide bonds. The van der Waals surface area contributed by atoms with Gasteiger partial charge in [-0.2, -0.15) is 4.37 Å². The first kappa shape index (κ1) is 11.3. The molecule has 4 heteroatoms. The van der Waals surface area contributed by atoms with Crippen molar-refractivity contribution in [3.05, 3.63) is 17.8 Å². The fourth-order valence-corrected chi connectivity index (χ4v) is 2.34. The van der Waals surface area contributed by atoms with Crippen LogP contribution in [-0.2, 0) is 6.42 Å². The maximum absolute atomic E-state index is 5.20. The first-order chi connectivity index (χ1) is 7.85.